The predicted molar refractivity (Wildman–Crippen MR) is 65.1 cm³/mol. The van der Waals surface area contributed by atoms with E-state index in [4.69, 9.17) is 0 Å². The van der Waals surface area contributed by atoms with Gasteiger partial charge in [-0.3, -0.25) is 4.79 Å². The summed E-state index contributed by atoms with van der Waals surface area (Å²) >= 11 is 0. The summed E-state index contributed by atoms with van der Waals surface area (Å²) in [6.45, 7) is 0. The second-order valence-electron chi connectivity index (χ2n) is 4.23. The van der Waals surface area contributed by atoms with Crippen LogP contribution in [0.15, 0.2) is 46.7 Å². The van der Waals surface area contributed by atoms with Gasteiger partial charge in [-0.15, -0.1) is 0 Å². The summed E-state index contributed by atoms with van der Waals surface area (Å²) in [5, 5.41) is 1.23. The molecule has 1 atom stereocenters. The van der Waals surface area contributed by atoms with Crippen molar-refractivity contribution in [3.8, 4) is 0 Å². The van der Waals surface area contributed by atoms with Gasteiger partial charge >= 0.3 is 0 Å². The van der Waals surface area contributed by atoms with Gasteiger partial charge in [-0.2, -0.15) is 0 Å². The van der Waals surface area contributed by atoms with Gasteiger partial charge in [0.15, 0.2) is 9.84 Å². The average Bonchev–Trinajstić information content (AvgIpc) is 2.74. The van der Waals surface area contributed by atoms with E-state index in [2.05, 4.69) is 0 Å². The number of hydrogen-bond acceptors (Lipinski definition) is 3. The van der Waals surface area contributed by atoms with E-state index < -0.39 is 9.84 Å². The normalized spacial score (nSPS) is 21.2. The van der Waals surface area contributed by atoms with E-state index in [1.807, 2.05) is 0 Å². The van der Waals surface area contributed by atoms with Crippen LogP contribution in [0.4, 0.5) is 0 Å². The van der Waals surface area contributed by atoms with Crippen LogP contribution >= 0.6 is 0 Å². The lowest BCUT2D eigenvalue weighted by Gasteiger charge is -2.01. The number of carbonyl (C=O) groups excluding carboxylic acids is 1. The first-order valence-corrected chi connectivity index (χ1v) is 7.12. The fourth-order valence-corrected chi connectivity index (χ4v) is 3.03. The summed E-state index contributed by atoms with van der Waals surface area (Å²) in [6, 6.07) is 8.30. The van der Waals surface area contributed by atoms with Crippen LogP contribution in [0.25, 0.3) is 0 Å². The summed E-state index contributed by atoms with van der Waals surface area (Å²) in [4.78, 5) is 11.4. The van der Waals surface area contributed by atoms with Crippen LogP contribution in [-0.4, -0.2) is 14.2 Å². The molecule has 1 aromatic rings. The van der Waals surface area contributed by atoms with E-state index in [0.29, 0.717) is 17.7 Å². The molecule has 0 aliphatic heterocycles. The monoisotopic (exact) mass is 250 g/mol. The van der Waals surface area contributed by atoms with Crippen molar-refractivity contribution in [3.05, 3.63) is 41.8 Å². The molecule has 0 heterocycles. The van der Waals surface area contributed by atoms with Crippen molar-refractivity contribution in [1.29, 1.82) is 0 Å². The fourth-order valence-electron chi connectivity index (χ4n) is 1.91. The number of carbonyl (C=O) groups is 1. The third kappa shape index (κ3) is 3.03. The molecule has 1 fully saturated rings. The molecule has 0 spiro atoms. The average molecular weight is 250 g/mol. The zero-order chi connectivity index (χ0) is 12.3. The van der Waals surface area contributed by atoms with Crippen molar-refractivity contribution >= 4 is 15.6 Å². The molecule has 0 saturated heterocycles. The van der Waals surface area contributed by atoms with Gasteiger partial charge in [-0.25, -0.2) is 8.42 Å². The molecule has 1 saturated carbocycles. The summed E-state index contributed by atoms with van der Waals surface area (Å²) in [5.74, 6) is 0.303. The Hall–Kier alpha value is -1.42. The number of rotatable bonds is 3. The first-order chi connectivity index (χ1) is 8.08. The van der Waals surface area contributed by atoms with E-state index in [-0.39, 0.29) is 11.7 Å². The van der Waals surface area contributed by atoms with E-state index in [1.165, 1.54) is 5.41 Å². The molecule has 4 heteroatoms. The molecule has 1 aliphatic rings. The smallest absolute Gasteiger partial charge is 0.199 e. The number of sulfone groups is 1. The van der Waals surface area contributed by atoms with Crippen molar-refractivity contribution < 1.29 is 13.2 Å². The molecule has 3 nitrogen and oxygen atoms in total. The van der Waals surface area contributed by atoms with E-state index in [9.17, 15) is 13.2 Å². The highest BCUT2D eigenvalue weighted by molar-refractivity contribution is 7.94. The van der Waals surface area contributed by atoms with Gasteiger partial charge in [0, 0.05) is 18.2 Å². The summed E-state index contributed by atoms with van der Waals surface area (Å²) in [5.41, 5.74) is 0. The number of allylic oxidation sites excluding steroid dienone is 1. The zero-order valence-electron chi connectivity index (χ0n) is 9.37. The van der Waals surface area contributed by atoms with Gasteiger partial charge in [0.05, 0.1) is 4.90 Å². The first kappa shape index (κ1) is 12.0. The van der Waals surface area contributed by atoms with Crippen molar-refractivity contribution in [1.82, 2.24) is 0 Å². The van der Waals surface area contributed by atoms with Gasteiger partial charge in [-0.1, -0.05) is 24.3 Å². The van der Waals surface area contributed by atoms with Crippen LogP contribution in [0.2, 0.25) is 0 Å². The molecule has 0 aromatic heterocycles. The standard InChI is InChI=1S/C13H14O3S/c14-12-7-6-11(10-12)8-9-17(15,16)13-4-2-1-3-5-13/h1-5,8-9,11H,6-7,10H2/b9-8+. The second-order valence-corrected chi connectivity index (χ2v) is 6.06. The molecular weight excluding hydrogens is 236 g/mol. The maximum Gasteiger partial charge on any atom is 0.199 e. The molecule has 0 radical (unpaired) electrons. The highest BCUT2D eigenvalue weighted by Gasteiger charge is 2.20. The topological polar surface area (TPSA) is 51.2 Å². The Balaban J connectivity index is 2.13. The molecule has 1 unspecified atom stereocenters. The fraction of sp³-hybridized carbons (Fsp3) is 0.308. The molecule has 1 aromatic carbocycles. The maximum atomic E-state index is 11.9. The second kappa shape index (κ2) is 4.84. The molecule has 90 valence electrons. The quantitative estimate of drug-likeness (QED) is 0.827. The van der Waals surface area contributed by atoms with Crippen molar-refractivity contribution in [3.63, 3.8) is 0 Å². The SMILES string of the molecule is O=C1CCC(/C=C/S(=O)(=O)c2ccccc2)C1. The van der Waals surface area contributed by atoms with Gasteiger partial charge < -0.3 is 0 Å². The molecule has 0 N–H and O–H groups in total. The van der Waals surface area contributed by atoms with Gasteiger partial charge in [0.1, 0.15) is 5.78 Å². The Morgan fingerprint density at radius 2 is 1.88 bits per heavy atom. The Kier molecular flexibility index (Phi) is 3.43. The molecule has 1 aliphatic carbocycles. The predicted octanol–water partition coefficient (Wildman–Crippen LogP) is 2.34. The highest BCUT2D eigenvalue weighted by Crippen LogP contribution is 2.24. The third-order valence-corrected chi connectivity index (χ3v) is 4.33. The Labute approximate surface area is 101 Å². The van der Waals surface area contributed by atoms with Crippen LogP contribution in [0, 0.1) is 5.92 Å². The highest BCUT2D eigenvalue weighted by atomic mass is 32.2. The number of hydrogen-bond donors (Lipinski definition) is 0. The van der Waals surface area contributed by atoms with Crippen LogP contribution in [0.5, 0.6) is 0 Å². The first-order valence-electron chi connectivity index (χ1n) is 5.58. The summed E-state index contributed by atoms with van der Waals surface area (Å²) < 4.78 is 23.8. The van der Waals surface area contributed by atoms with Crippen molar-refractivity contribution in [2.45, 2.75) is 24.2 Å². The molecule has 0 bridgehead atoms. The van der Waals surface area contributed by atoms with Crippen LogP contribution in [0.1, 0.15) is 19.3 Å². The maximum absolute atomic E-state index is 11.9. The van der Waals surface area contributed by atoms with E-state index in [0.717, 1.165) is 6.42 Å². The van der Waals surface area contributed by atoms with Gasteiger partial charge in [0.2, 0.25) is 0 Å². The van der Waals surface area contributed by atoms with Crippen molar-refractivity contribution in [2.24, 2.45) is 5.92 Å². The van der Waals surface area contributed by atoms with Crippen LogP contribution in [-0.2, 0) is 14.6 Å². The largest absolute Gasteiger partial charge is 0.300 e. The molecule has 17 heavy (non-hydrogen) atoms. The lowest BCUT2D eigenvalue weighted by molar-refractivity contribution is -0.117. The Bertz CT molecular complexity index is 529. The Morgan fingerprint density at radius 1 is 1.18 bits per heavy atom. The van der Waals surface area contributed by atoms with Gasteiger partial charge in [-0.05, 0) is 24.5 Å². The summed E-state index contributed by atoms with van der Waals surface area (Å²) in [7, 11) is -3.36. The minimum Gasteiger partial charge on any atom is -0.300 e. The zero-order valence-corrected chi connectivity index (χ0v) is 10.2. The van der Waals surface area contributed by atoms with E-state index in [1.54, 1.807) is 36.4 Å². The Morgan fingerprint density at radius 3 is 2.47 bits per heavy atom. The number of ketones is 1. The number of Topliss-reactive ketones (excluding diaryl/α,β-unsaturated/α-hetero) is 1. The lowest BCUT2D eigenvalue weighted by Crippen LogP contribution is -1.98. The third-order valence-electron chi connectivity index (χ3n) is 2.89. The van der Waals surface area contributed by atoms with Gasteiger partial charge in [0.25, 0.3) is 0 Å². The summed E-state index contributed by atoms with van der Waals surface area (Å²) in [6.07, 6.45) is 3.45. The van der Waals surface area contributed by atoms with Crippen LogP contribution < -0.4 is 0 Å². The molecular formula is C13H14O3S. The molecule has 2 rings (SSSR count). The number of benzene rings is 1. The van der Waals surface area contributed by atoms with Crippen molar-refractivity contribution in [2.75, 3.05) is 0 Å². The minimum atomic E-state index is -3.36. The molecule has 0 amide bonds. The van der Waals surface area contributed by atoms with E-state index >= 15 is 0 Å². The minimum absolute atomic E-state index is 0.0842. The van der Waals surface area contributed by atoms with Crippen LogP contribution in [0.3, 0.4) is 0 Å². The lowest BCUT2D eigenvalue weighted by atomic mass is 10.1.